The monoisotopic (exact) mass is 391 g/mol. The number of aromatic nitrogens is 1. The van der Waals surface area contributed by atoms with Gasteiger partial charge in [-0.15, -0.1) is 11.3 Å². The summed E-state index contributed by atoms with van der Waals surface area (Å²) < 4.78 is 13.3. The quantitative estimate of drug-likeness (QED) is 0.861. The standard InChI is InChI=1S/C20H26FN3O2S/c1-20(2,3)18(26)24(16-8-6-14(21)7-9-16)11-15-13-27-19(22-15)23-10-4-5-17(25)12-23/h6-9,13,17,25H,4-5,10-12H2,1-3H3. The lowest BCUT2D eigenvalue weighted by Gasteiger charge is -2.30. The van der Waals surface area contributed by atoms with Crippen LogP contribution < -0.4 is 9.80 Å². The van der Waals surface area contributed by atoms with Crippen LogP contribution >= 0.6 is 11.3 Å². The minimum Gasteiger partial charge on any atom is -0.391 e. The average Bonchev–Trinajstić information content (AvgIpc) is 3.08. The summed E-state index contributed by atoms with van der Waals surface area (Å²) in [5.41, 5.74) is 0.876. The predicted molar refractivity (Wildman–Crippen MR) is 107 cm³/mol. The van der Waals surface area contributed by atoms with Crippen LogP contribution in [0, 0.1) is 11.2 Å². The first kappa shape index (κ1) is 19.8. The van der Waals surface area contributed by atoms with Gasteiger partial charge in [0.25, 0.3) is 0 Å². The maximum Gasteiger partial charge on any atom is 0.232 e. The van der Waals surface area contributed by atoms with Crippen LogP contribution in [0.25, 0.3) is 0 Å². The molecule has 1 saturated heterocycles. The van der Waals surface area contributed by atoms with Gasteiger partial charge in [-0.1, -0.05) is 20.8 Å². The number of rotatable bonds is 4. The van der Waals surface area contributed by atoms with Crippen molar-refractivity contribution >= 4 is 28.1 Å². The number of carbonyl (C=O) groups is 1. The molecule has 2 aromatic rings. The molecule has 0 aliphatic carbocycles. The highest BCUT2D eigenvalue weighted by Gasteiger charge is 2.29. The molecule has 1 atom stereocenters. The molecule has 7 heteroatoms. The Labute approximate surface area is 163 Å². The number of carbonyl (C=O) groups excluding carboxylic acids is 1. The van der Waals surface area contributed by atoms with Crippen molar-refractivity contribution in [2.24, 2.45) is 5.41 Å². The Bertz CT molecular complexity index is 785. The number of nitrogens with zero attached hydrogens (tertiary/aromatic N) is 3. The Hall–Kier alpha value is -1.99. The Kier molecular flexibility index (Phi) is 5.81. The highest BCUT2D eigenvalue weighted by Crippen LogP contribution is 2.28. The van der Waals surface area contributed by atoms with Gasteiger partial charge in [0.05, 0.1) is 18.3 Å². The number of thiazole rings is 1. The van der Waals surface area contributed by atoms with E-state index in [9.17, 15) is 14.3 Å². The van der Waals surface area contributed by atoms with Gasteiger partial charge in [-0.25, -0.2) is 9.37 Å². The normalized spacial score (nSPS) is 17.8. The zero-order chi connectivity index (χ0) is 19.6. The highest BCUT2D eigenvalue weighted by molar-refractivity contribution is 7.13. The van der Waals surface area contributed by atoms with E-state index < -0.39 is 5.41 Å². The number of amides is 1. The summed E-state index contributed by atoms with van der Waals surface area (Å²) in [5, 5.41) is 12.7. The zero-order valence-electron chi connectivity index (χ0n) is 16.0. The van der Waals surface area contributed by atoms with E-state index in [1.54, 1.807) is 17.0 Å². The van der Waals surface area contributed by atoms with E-state index in [1.165, 1.54) is 23.5 Å². The van der Waals surface area contributed by atoms with E-state index in [4.69, 9.17) is 0 Å². The summed E-state index contributed by atoms with van der Waals surface area (Å²) in [6.07, 6.45) is 1.46. The van der Waals surface area contributed by atoms with Gasteiger partial charge in [-0.2, -0.15) is 0 Å². The molecule has 1 aromatic carbocycles. The third kappa shape index (κ3) is 4.84. The molecule has 1 unspecified atom stereocenters. The van der Waals surface area contributed by atoms with Gasteiger partial charge >= 0.3 is 0 Å². The van der Waals surface area contributed by atoms with Crippen molar-refractivity contribution in [2.45, 2.75) is 46.3 Å². The van der Waals surface area contributed by atoms with Crippen molar-refractivity contribution in [3.63, 3.8) is 0 Å². The number of halogens is 1. The van der Waals surface area contributed by atoms with E-state index >= 15 is 0 Å². The molecule has 5 nitrogen and oxygen atoms in total. The minimum absolute atomic E-state index is 0.0444. The number of hydrogen-bond acceptors (Lipinski definition) is 5. The van der Waals surface area contributed by atoms with Crippen LogP contribution in [0.5, 0.6) is 0 Å². The molecule has 1 aromatic heterocycles. The van der Waals surface area contributed by atoms with E-state index in [-0.39, 0.29) is 17.8 Å². The van der Waals surface area contributed by atoms with Gasteiger partial charge in [-0.3, -0.25) is 4.79 Å². The molecule has 3 rings (SSSR count). The molecule has 0 radical (unpaired) electrons. The highest BCUT2D eigenvalue weighted by atomic mass is 32.1. The fraction of sp³-hybridized carbons (Fsp3) is 0.500. The van der Waals surface area contributed by atoms with Gasteiger partial charge < -0.3 is 14.9 Å². The van der Waals surface area contributed by atoms with Crippen LogP contribution in [0.4, 0.5) is 15.2 Å². The fourth-order valence-electron chi connectivity index (χ4n) is 3.11. The van der Waals surface area contributed by atoms with Gasteiger partial charge in [0.1, 0.15) is 5.82 Å². The summed E-state index contributed by atoms with van der Waals surface area (Å²) in [6.45, 7) is 7.41. The molecule has 0 saturated carbocycles. The predicted octanol–water partition coefficient (Wildman–Crippen LogP) is 3.82. The van der Waals surface area contributed by atoms with Gasteiger partial charge in [0.2, 0.25) is 5.91 Å². The number of piperidine rings is 1. The van der Waals surface area contributed by atoms with Crippen molar-refractivity contribution in [3.05, 3.63) is 41.2 Å². The average molecular weight is 392 g/mol. The maximum absolute atomic E-state index is 13.3. The second-order valence-electron chi connectivity index (χ2n) is 7.98. The lowest BCUT2D eigenvalue weighted by atomic mass is 9.94. The lowest BCUT2D eigenvalue weighted by molar-refractivity contribution is -0.125. The van der Waals surface area contributed by atoms with Crippen LogP contribution in [-0.4, -0.2) is 35.2 Å². The topological polar surface area (TPSA) is 56.7 Å². The van der Waals surface area contributed by atoms with Crippen LogP contribution in [0.15, 0.2) is 29.6 Å². The molecule has 0 spiro atoms. The molecule has 2 heterocycles. The smallest absolute Gasteiger partial charge is 0.232 e. The second kappa shape index (κ2) is 7.94. The molecule has 1 amide bonds. The fourth-order valence-corrected chi connectivity index (χ4v) is 3.96. The van der Waals surface area contributed by atoms with Gasteiger partial charge in [-0.05, 0) is 37.1 Å². The van der Waals surface area contributed by atoms with Crippen LogP contribution in [-0.2, 0) is 11.3 Å². The van der Waals surface area contributed by atoms with Gasteiger partial charge in [0.15, 0.2) is 5.13 Å². The summed E-state index contributed by atoms with van der Waals surface area (Å²) in [6, 6.07) is 5.96. The number of hydrogen-bond donors (Lipinski definition) is 1. The number of β-amino-alcohol motifs (C(OH)–C–C–N with tert-alkyl or cyclic N) is 1. The van der Waals surface area contributed by atoms with Crippen LogP contribution in [0.3, 0.4) is 0 Å². The summed E-state index contributed by atoms with van der Waals surface area (Å²) >= 11 is 1.52. The molecule has 1 aliphatic heterocycles. The third-order valence-corrected chi connectivity index (χ3v) is 5.50. The zero-order valence-corrected chi connectivity index (χ0v) is 16.8. The third-order valence-electron chi connectivity index (χ3n) is 4.55. The molecular weight excluding hydrogens is 365 g/mol. The molecule has 1 N–H and O–H groups in total. The second-order valence-corrected chi connectivity index (χ2v) is 8.82. The van der Waals surface area contributed by atoms with Crippen molar-refractivity contribution in [3.8, 4) is 0 Å². The number of aliphatic hydroxyl groups excluding tert-OH is 1. The van der Waals surface area contributed by atoms with E-state index in [0.717, 1.165) is 30.2 Å². The summed E-state index contributed by atoms with van der Waals surface area (Å²) in [4.78, 5) is 21.4. The Morgan fingerprint density at radius 1 is 1.37 bits per heavy atom. The molecular formula is C20H26FN3O2S. The Balaban J connectivity index is 1.82. The summed E-state index contributed by atoms with van der Waals surface area (Å²) in [5.74, 6) is -0.376. The minimum atomic E-state index is -0.565. The Morgan fingerprint density at radius 3 is 2.70 bits per heavy atom. The number of anilines is 2. The first-order chi connectivity index (χ1) is 12.7. The molecule has 1 fully saturated rings. The van der Waals surface area contributed by atoms with Crippen molar-refractivity contribution in [1.29, 1.82) is 0 Å². The lowest BCUT2D eigenvalue weighted by Crippen LogP contribution is -2.39. The van der Waals surface area contributed by atoms with Crippen molar-refractivity contribution in [2.75, 3.05) is 22.9 Å². The van der Waals surface area contributed by atoms with E-state index in [2.05, 4.69) is 9.88 Å². The van der Waals surface area contributed by atoms with Gasteiger partial charge in [0, 0.05) is 29.6 Å². The number of benzene rings is 1. The largest absolute Gasteiger partial charge is 0.391 e. The summed E-state index contributed by atoms with van der Waals surface area (Å²) in [7, 11) is 0. The first-order valence-electron chi connectivity index (χ1n) is 9.19. The molecule has 1 aliphatic rings. The van der Waals surface area contributed by atoms with Crippen molar-refractivity contribution in [1.82, 2.24) is 4.98 Å². The molecule has 0 bridgehead atoms. The van der Waals surface area contributed by atoms with Crippen LogP contribution in [0.2, 0.25) is 0 Å². The maximum atomic E-state index is 13.3. The molecule has 27 heavy (non-hydrogen) atoms. The van der Waals surface area contributed by atoms with E-state index in [1.807, 2.05) is 26.2 Å². The van der Waals surface area contributed by atoms with Crippen LogP contribution in [0.1, 0.15) is 39.3 Å². The molecule has 146 valence electrons. The SMILES string of the molecule is CC(C)(C)C(=O)N(Cc1csc(N2CCCC(O)C2)n1)c1ccc(F)cc1. The van der Waals surface area contributed by atoms with Crippen molar-refractivity contribution < 1.29 is 14.3 Å². The van der Waals surface area contributed by atoms with E-state index in [0.29, 0.717) is 18.8 Å². The number of aliphatic hydroxyl groups is 1. The Morgan fingerprint density at radius 2 is 2.07 bits per heavy atom. The first-order valence-corrected chi connectivity index (χ1v) is 10.1.